The van der Waals surface area contributed by atoms with Crippen LogP contribution in [0.5, 0.6) is 0 Å². The van der Waals surface area contributed by atoms with Gasteiger partial charge in [0.25, 0.3) is 0 Å². The third-order valence-electron chi connectivity index (χ3n) is 6.03. The molecular weight excluding hydrogens is 526 g/mol. The van der Waals surface area contributed by atoms with Gasteiger partial charge in [-0.05, 0) is 43.2 Å². The number of nitrogens with one attached hydrogen (secondary N) is 1. The van der Waals surface area contributed by atoms with Crippen LogP contribution in [0.15, 0.2) is 58.6 Å². The van der Waals surface area contributed by atoms with Gasteiger partial charge in [0.15, 0.2) is 10.9 Å². The van der Waals surface area contributed by atoms with E-state index in [-0.39, 0.29) is 22.3 Å². The minimum atomic E-state index is -3.62. The van der Waals surface area contributed by atoms with E-state index in [1.807, 2.05) is 35.8 Å². The predicted octanol–water partition coefficient (Wildman–Crippen LogP) is 2.64. The molecule has 3 aromatic rings. The van der Waals surface area contributed by atoms with Crippen molar-refractivity contribution in [2.24, 2.45) is 0 Å². The van der Waals surface area contributed by atoms with Gasteiger partial charge in [-0.15, -0.1) is 10.2 Å². The van der Waals surface area contributed by atoms with Crippen LogP contribution in [0.1, 0.15) is 35.1 Å². The van der Waals surface area contributed by atoms with Gasteiger partial charge in [-0.3, -0.25) is 14.2 Å². The summed E-state index contributed by atoms with van der Waals surface area (Å²) in [6, 6.07) is 14.0. The van der Waals surface area contributed by atoms with Crippen LogP contribution in [0, 0.1) is 6.92 Å². The lowest BCUT2D eigenvalue weighted by Crippen LogP contribution is -2.40. The minimum absolute atomic E-state index is 0.0772. The number of nitrogens with zero attached hydrogens (tertiary/aromatic N) is 4. The standard InChI is InChI=1S/C26H31N5O5S2/c1-19-5-3-6-22(17-19)31-25(7-4-12-27-20(2)32)28-29-26(31)37-18-24(33)21-8-10-23(11-9-21)38(34,35)30-13-15-36-16-14-30/h3,5-6,8-11,17H,4,7,12-16,18H2,1-2H3,(H,27,32). The number of thioether (sulfide) groups is 1. The summed E-state index contributed by atoms with van der Waals surface area (Å²) in [5, 5.41) is 12.1. The summed E-state index contributed by atoms with van der Waals surface area (Å²) in [4.78, 5) is 24.3. The number of sulfonamides is 1. The number of ketones is 1. The topological polar surface area (TPSA) is 123 Å². The van der Waals surface area contributed by atoms with E-state index in [9.17, 15) is 18.0 Å². The molecule has 0 aliphatic carbocycles. The van der Waals surface area contributed by atoms with Crippen molar-refractivity contribution >= 4 is 33.5 Å². The summed E-state index contributed by atoms with van der Waals surface area (Å²) in [5.41, 5.74) is 2.41. The van der Waals surface area contributed by atoms with Crippen molar-refractivity contribution in [3.63, 3.8) is 0 Å². The van der Waals surface area contributed by atoms with Crippen LogP contribution >= 0.6 is 11.8 Å². The van der Waals surface area contributed by atoms with E-state index >= 15 is 0 Å². The maximum atomic E-state index is 13.0. The van der Waals surface area contributed by atoms with Gasteiger partial charge >= 0.3 is 0 Å². The Kier molecular flexibility index (Phi) is 9.31. The Hall–Kier alpha value is -3.06. The summed E-state index contributed by atoms with van der Waals surface area (Å²) in [5.74, 6) is 0.641. The van der Waals surface area contributed by atoms with Gasteiger partial charge < -0.3 is 10.1 Å². The van der Waals surface area contributed by atoms with E-state index in [2.05, 4.69) is 15.5 Å². The van der Waals surface area contributed by atoms with Crippen molar-refractivity contribution in [1.82, 2.24) is 24.4 Å². The van der Waals surface area contributed by atoms with E-state index in [0.717, 1.165) is 17.1 Å². The zero-order valence-electron chi connectivity index (χ0n) is 21.4. The molecule has 10 nitrogen and oxygen atoms in total. The smallest absolute Gasteiger partial charge is 0.243 e. The lowest BCUT2D eigenvalue weighted by Gasteiger charge is -2.26. The number of hydrogen-bond donors (Lipinski definition) is 1. The molecule has 0 saturated carbocycles. The third kappa shape index (κ3) is 6.87. The first kappa shape index (κ1) is 28.0. The second-order valence-electron chi connectivity index (χ2n) is 8.91. The molecule has 2 heterocycles. The maximum Gasteiger partial charge on any atom is 0.243 e. The van der Waals surface area contributed by atoms with Crippen molar-refractivity contribution in [2.45, 2.75) is 36.7 Å². The van der Waals surface area contributed by atoms with Crippen molar-refractivity contribution in [3.8, 4) is 5.69 Å². The number of morpholine rings is 1. The highest BCUT2D eigenvalue weighted by Gasteiger charge is 2.26. The first-order valence-electron chi connectivity index (χ1n) is 12.4. The number of carbonyl (C=O) groups is 2. The van der Waals surface area contributed by atoms with Crippen LogP contribution in [-0.4, -0.2) is 77.8 Å². The molecule has 1 aromatic heterocycles. The maximum absolute atomic E-state index is 13.0. The van der Waals surface area contributed by atoms with E-state index < -0.39 is 10.0 Å². The number of carbonyl (C=O) groups excluding carboxylic acids is 2. The van der Waals surface area contributed by atoms with Crippen LogP contribution in [0.25, 0.3) is 5.69 Å². The Labute approximate surface area is 226 Å². The molecule has 202 valence electrons. The normalized spacial score (nSPS) is 14.4. The van der Waals surface area contributed by atoms with Crippen molar-refractivity contribution in [2.75, 3.05) is 38.6 Å². The second kappa shape index (κ2) is 12.7. The summed E-state index contributed by atoms with van der Waals surface area (Å²) >= 11 is 1.28. The molecule has 12 heteroatoms. The number of rotatable bonds is 11. The number of aryl methyl sites for hydroxylation is 2. The van der Waals surface area contributed by atoms with Crippen LogP contribution < -0.4 is 5.32 Å². The molecule has 0 spiro atoms. The highest BCUT2D eigenvalue weighted by Crippen LogP contribution is 2.25. The van der Waals surface area contributed by atoms with Gasteiger partial charge in [0, 0.05) is 44.2 Å². The molecule has 1 amide bonds. The number of Topliss-reactive ketones (excluding diaryl/α,β-unsaturated/α-hetero) is 1. The Balaban J connectivity index is 1.46. The van der Waals surface area contributed by atoms with Crippen molar-refractivity contribution < 1.29 is 22.7 Å². The lowest BCUT2D eigenvalue weighted by molar-refractivity contribution is -0.118. The molecule has 1 fully saturated rings. The lowest BCUT2D eigenvalue weighted by atomic mass is 10.1. The molecule has 4 rings (SSSR count). The monoisotopic (exact) mass is 557 g/mol. The van der Waals surface area contributed by atoms with E-state index in [4.69, 9.17) is 4.74 Å². The number of amides is 1. The molecule has 1 aliphatic heterocycles. The average Bonchev–Trinajstić information content (AvgIpc) is 3.33. The van der Waals surface area contributed by atoms with E-state index in [1.54, 1.807) is 12.1 Å². The fourth-order valence-corrected chi connectivity index (χ4v) is 6.33. The Morgan fingerprint density at radius 1 is 1.08 bits per heavy atom. The summed E-state index contributed by atoms with van der Waals surface area (Å²) < 4.78 is 34.3. The minimum Gasteiger partial charge on any atom is -0.379 e. The SMILES string of the molecule is CC(=O)NCCCc1nnc(SCC(=O)c2ccc(S(=O)(=O)N3CCOCC3)cc2)n1-c1cccc(C)c1. The Bertz CT molecular complexity index is 1380. The van der Waals surface area contributed by atoms with E-state index in [1.165, 1.54) is 35.1 Å². The largest absolute Gasteiger partial charge is 0.379 e. The Morgan fingerprint density at radius 2 is 1.82 bits per heavy atom. The van der Waals surface area contributed by atoms with Gasteiger partial charge in [-0.2, -0.15) is 4.31 Å². The molecular formula is C26H31N5O5S2. The molecule has 1 saturated heterocycles. The highest BCUT2D eigenvalue weighted by molar-refractivity contribution is 7.99. The molecule has 1 N–H and O–H groups in total. The van der Waals surface area contributed by atoms with Crippen LogP contribution in [0.4, 0.5) is 0 Å². The van der Waals surface area contributed by atoms with E-state index in [0.29, 0.717) is 56.4 Å². The zero-order valence-corrected chi connectivity index (χ0v) is 23.1. The molecule has 0 bridgehead atoms. The zero-order chi connectivity index (χ0) is 27.1. The number of ether oxygens (including phenoxy) is 1. The fourth-order valence-electron chi connectivity index (χ4n) is 4.06. The van der Waals surface area contributed by atoms with Crippen LogP contribution in [0.2, 0.25) is 0 Å². The number of benzene rings is 2. The quantitative estimate of drug-likeness (QED) is 0.217. The first-order valence-corrected chi connectivity index (χ1v) is 14.8. The van der Waals surface area contributed by atoms with Gasteiger partial charge in [-0.1, -0.05) is 36.0 Å². The second-order valence-corrected chi connectivity index (χ2v) is 11.8. The van der Waals surface area contributed by atoms with Gasteiger partial charge in [-0.25, -0.2) is 8.42 Å². The molecule has 0 radical (unpaired) electrons. The number of hydrogen-bond acceptors (Lipinski definition) is 8. The van der Waals surface area contributed by atoms with Gasteiger partial charge in [0.1, 0.15) is 5.82 Å². The van der Waals surface area contributed by atoms with Gasteiger partial charge in [0.2, 0.25) is 15.9 Å². The third-order valence-corrected chi connectivity index (χ3v) is 8.87. The molecule has 1 aliphatic rings. The molecule has 38 heavy (non-hydrogen) atoms. The highest BCUT2D eigenvalue weighted by atomic mass is 32.2. The summed E-state index contributed by atoms with van der Waals surface area (Å²) in [6.45, 7) is 5.40. The number of aromatic nitrogens is 3. The van der Waals surface area contributed by atoms with Crippen molar-refractivity contribution in [1.29, 1.82) is 0 Å². The predicted molar refractivity (Wildman–Crippen MR) is 144 cm³/mol. The molecule has 0 atom stereocenters. The summed E-state index contributed by atoms with van der Waals surface area (Å²) in [7, 11) is -3.62. The molecule has 2 aromatic carbocycles. The van der Waals surface area contributed by atoms with Crippen LogP contribution in [-0.2, 0) is 26.0 Å². The van der Waals surface area contributed by atoms with Gasteiger partial charge in [0.05, 0.1) is 23.9 Å². The fraction of sp³-hybridized carbons (Fsp3) is 0.385. The van der Waals surface area contributed by atoms with Crippen molar-refractivity contribution in [3.05, 3.63) is 65.5 Å². The average molecular weight is 558 g/mol. The summed E-state index contributed by atoms with van der Waals surface area (Å²) in [6.07, 6.45) is 1.31. The Morgan fingerprint density at radius 3 is 2.50 bits per heavy atom. The first-order chi connectivity index (χ1) is 18.3. The molecule has 0 unspecified atom stereocenters. The van der Waals surface area contributed by atoms with Crippen LogP contribution in [0.3, 0.4) is 0 Å².